The third kappa shape index (κ3) is 4.94. The molecular formula is C23H30N4O2. The van der Waals surface area contributed by atoms with E-state index in [0.717, 1.165) is 24.3 Å². The van der Waals surface area contributed by atoms with Gasteiger partial charge in [0.1, 0.15) is 0 Å². The first-order valence-corrected chi connectivity index (χ1v) is 10.4. The molecule has 3 rings (SSSR count). The summed E-state index contributed by atoms with van der Waals surface area (Å²) in [4.78, 5) is 33.4. The molecule has 0 radical (unpaired) electrons. The molecule has 1 aromatic heterocycles. The van der Waals surface area contributed by atoms with E-state index in [-0.39, 0.29) is 17.7 Å². The highest BCUT2D eigenvalue weighted by atomic mass is 16.2. The molecule has 0 bridgehead atoms. The summed E-state index contributed by atoms with van der Waals surface area (Å²) in [5, 5.41) is 3.09. The van der Waals surface area contributed by atoms with Crippen molar-refractivity contribution in [3.8, 4) is 0 Å². The van der Waals surface area contributed by atoms with Gasteiger partial charge in [-0.3, -0.25) is 14.6 Å². The van der Waals surface area contributed by atoms with Crippen molar-refractivity contribution in [3.63, 3.8) is 0 Å². The van der Waals surface area contributed by atoms with Crippen molar-refractivity contribution in [2.24, 2.45) is 5.92 Å². The number of pyridine rings is 1. The topological polar surface area (TPSA) is 65.5 Å². The quantitative estimate of drug-likeness (QED) is 0.811. The van der Waals surface area contributed by atoms with Crippen LogP contribution in [0.2, 0.25) is 0 Å². The van der Waals surface area contributed by atoms with Crippen LogP contribution in [0.3, 0.4) is 0 Å². The van der Waals surface area contributed by atoms with Gasteiger partial charge in [0.05, 0.1) is 5.56 Å². The first kappa shape index (κ1) is 20.8. The smallest absolute Gasteiger partial charge is 0.255 e. The van der Waals surface area contributed by atoms with E-state index in [1.807, 2.05) is 17.9 Å². The minimum Gasteiger partial charge on any atom is -0.372 e. The highest BCUT2D eigenvalue weighted by Gasteiger charge is 2.28. The van der Waals surface area contributed by atoms with Crippen molar-refractivity contribution in [3.05, 3.63) is 53.9 Å². The number of anilines is 2. The SMILES string of the molecule is CCN(CC)c1ccc(NC(=O)C2CCN(C(=O)c3cccnc3)CC2)c(C)c1. The van der Waals surface area contributed by atoms with Gasteiger partial charge in [0.2, 0.25) is 5.91 Å². The van der Waals surface area contributed by atoms with Crippen molar-refractivity contribution in [1.29, 1.82) is 0 Å². The molecule has 154 valence electrons. The fourth-order valence-electron chi connectivity index (χ4n) is 3.82. The van der Waals surface area contributed by atoms with E-state index in [4.69, 9.17) is 0 Å². The van der Waals surface area contributed by atoms with E-state index in [2.05, 4.69) is 41.2 Å². The molecule has 0 unspecified atom stereocenters. The lowest BCUT2D eigenvalue weighted by Crippen LogP contribution is -2.41. The second-order valence-corrected chi connectivity index (χ2v) is 7.47. The Morgan fingerprint density at radius 2 is 1.90 bits per heavy atom. The maximum Gasteiger partial charge on any atom is 0.255 e. The maximum atomic E-state index is 12.8. The van der Waals surface area contributed by atoms with Gasteiger partial charge in [-0.05, 0) is 69.5 Å². The van der Waals surface area contributed by atoms with Gasteiger partial charge < -0.3 is 15.1 Å². The second-order valence-electron chi connectivity index (χ2n) is 7.47. The number of carbonyl (C=O) groups is 2. The Morgan fingerprint density at radius 1 is 1.17 bits per heavy atom. The lowest BCUT2D eigenvalue weighted by atomic mass is 9.95. The zero-order chi connectivity index (χ0) is 20.8. The highest BCUT2D eigenvalue weighted by molar-refractivity contribution is 5.95. The molecule has 6 heteroatoms. The molecule has 6 nitrogen and oxygen atoms in total. The number of benzene rings is 1. The predicted octanol–water partition coefficient (Wildman–Crippen LogP) is 3.73. The van der Waals surface area contributed by atoms with Crippen LogP contribution in [0.1, 0.15) is 42.6 Å². The number of aromatic nitrogens is 1. The molecule has 0 spiro atoms. The Hall–Kier alpha value is -2.89. The van der Waals surface area contributed by atoms with E-state index in [9.17, 15) is 9.59 Å². The van der Waals surface area contributed by atoms with Crippen LogP contribution < -0.4 is 10.2 Å². The molecule has 2 heterocycles. The summed E-state index contributed by atoms with van der Waals surface area (Å²) in [6.07, 6.45) is 4.60. The zero-order valence-electron chi connectivity index (χ0n) is 17.5. The van der Waals surface area contributed by atoms with Crippen LogP contribution in [-0.4, -0.2) is 47.9 Å². The van der Waals surface area contributed by atoms with Gasteiger partial charge in [0.25, 0.3) is 5.91 Å². The predicted molar refractivity (Wildman–Crippen MR) is 116 cm³/mol. The molecule has 1 aliphatic rings. The van der Waals surface area contributed by atoms with Gasteiger partial charge in [-0.25, -0.2) is 0 Å². The number of piperidine rings is 1. The zero-order valence-corrected chi connectivity index (χ0v) is 17.5. The van der Waals surface area contributed by atoms with Crippen molar-refractivity contribution in [2.45, 2.75) is 33.6 Å². The average Bonchev–Trinajstić information content (AvgIpc) is 2.76. The Balaban J connectivity index is 1.57. The molecule has 0 aliphatic carbocycles. The first-order chi connectivity index (χ1) is 14.0. The monoisotopic (exact) mass is 394 g/mol. The Labute approximate surface area is 172 Å². The lowest BCUT2D eigenvalue weighted by Gasteiger charge is -2.31. The summed E-state index contributed by atoms with van der Waals surface area (Å²) in [7, 11) is 0. The lowest BCUT2D eigenvalue weighted by molar-refractivity contribution is -0.121. The Kier molecular flexibility index (Phi) is 6.86. The van der Waals surface area contributed by atoms with Crippen molar-refractivity contribution >= 4 is 23.2 Å². The molecule has 2 amide bonds. The van der Waals surface area contributed by atoms with Crippen molar-refractivity contribution in [1.82, 2.24) is 9.88 Å². The number of likely N-dealkylation sites (tertiary alicyclic amines) is 1. The fraction of sp³-hybridized carbons (Fsp3) is 0.435. The number of aryl methyl sites for hydroxylation is 1. The van der Waals surface area contributed by atoms with Gasteiger partial charge >= 0.3 is 0 Å². The summed E-state index contributed by atoms with van der Waals surface area (Å²) in [6, 6.07) is 9.71. The standard InChI is InChI=1S/C23H30N4O2/c1-4-26(5-2)20-8-9-21(17(3)15-20)25-22(28)18-10-13-27(14-11-18)23(29)19-7-6-12-24-16-19/h6-9,12,15-16,18H,4-5,10-11,13-14H2,1-3H3,(H,25,28). The molecule has 0 saturated carbocycles. The summed E-state index contributed by atoms with van der Waals surface area (Å²) in [5.74, 6) is -0.0493. The highest BCUT2D eigenvalue weighted by Crippen LogP contribution is 2.25. The number of nitrogens with zero attached hydrogens (tertiary/aromatic N) is 3. The van der Waals surface area contributed by atoms with E-state index in [1.54, 1.807) is 24.5 Å². The normalized spacial score (nSPS) is 14.5. The van der Waals surface area contributed by atoms with E-state index < -0.39 is 0 Å². The minimum atomic E-state index is -0.0743. The molecule has 29 heavy (non-hydrogen) atoms. The number of amides is 2. The summed E-state index contributed by atoms with van der Waals surface area (Å²) in [5.41, 5.74) is 3.69. The van der Waals surface area contributed by atoms with Crippen molar-refractivity contribution < 1.29 is 9.59 Å². The van der Waals surface area contributed by atoms with E-state index in [1.165, 1.54) is 5.69 Å². The van der Waals surface area contributed by atoms with Gasteiger partial charge in [-0.2, -0.15) is 0 Å². The minimum absolute atomic E-state index is 0.0141. The number of nitrogens with one attached hydrogen (secondary N) is 1. The summed E-state index contributed by atoms with van der Waals surface area (Å²) in [6.45, 7) is 9.39. The number of hydrogen-bond donors (Lipinski definition) is 1. The second kappa shape index (κ2) is 9.54. The van der Waals surface area contributed by atoms with Crippen molar-refractivity contribution in [2.75, 3.05) is 36.4 Å². The largest absolute Gasteiger partial charge is 0.372 e. The van der Waals surface area contributed by atoms with E-state index >= 15 is 0 Å². The Bertz CT molecular complexity index is 841. The molecule has 1 fully saturated rings. The molecule has 0 atom stereocenters. The van der Waals surface area contributed by atoms with Crippen LogP contribution in [0.5, 0.6) is 0 Å². The average molecular weight is 395 g/mol. The first-order valence-electron chi connectivity index (χ1n) is 10.4. The molecule has 1 aromatic carbocycles. The molecule has 1 aliphatic heterocycles. The van der Waals surface area contributed by atoms with Crippen LogP contribution in [0.25, 0.3) is 0 Å². The van der Waals surface area contributed by atoms with E-state index in [0.29, 0.717) is 31.5 Å². The number of carbonyl (C=O) groups excluding carboxylic acids is 2. The molecule has 1 saturated heterocycles. The van der Waals surface area contributed by atoms with Gasteiger partial charge in [-0.1, -0.05) is 0 Å². The van der Waals surface area contributed by atoms with Crippen LogP contribution >= 0.6 is 0 Å². The Morgan fingerprint density at radius 3 is 2.48 bits per heavy atom. The van der Waals surface area contributed by atoms with Crippen LogP contribution in [0.4, 0.5) is 11.4 Å². The van der Waals surface area contributed by atoms with Crippen LogP contribution in [-0.2, 0) is 4.79 Å². The third-order valence-electron chi connectivity index (χ3n) is 5.66. The van der Waals surface area contributed by atoms with Crippen LogP contribution in [0.15, 0.2) is 42.7 Å². The molecular weight excluding hydrogens is 364 g/mol. The summed E-state index contributed by atoms with van der Waals surface area (Å²) < 4.78 is 0. The van der Waals surface area contributed by atoms with Gasteiger partial charge in [-0.15, -0.1) is 0 Å². The maximum absolute atomic E-state index is 12.8. The van der Waals surface area contributed by atoms with Crippen LogP contribution in [0, 0.1) is 12.8 Å². The fourth-order valence-corrected chi connectivity index (χ4v) is 3.82. The molecule has 2 aromatic rings. The summed E-state index contributed by atoms with van der Waals surface area (Å²) >= 11 is 0. The number of rotatable bonds is 6. The third-order valence-corrected chi connectivity index (χ3v) is 5.66. The van der Waals surface area contributed by atoms with Gasteiger partial charge in [0.15, 0.2) is 0 Å². The van der Waals surface area contributed by atoms with Gasteiger partial charge in [0, 0.05) is 55.9 Å². The number of hydrogen-bond acceptors (Lipinski definition) is 4. The molecule has 1 N–H and O–H groups in total.